The minimum Gasteiger partial charge on any atom is -0.493 e. The summed E-state index contributed by atoms with van der Waals surface area (Å²) in [6.45, 7) is 0. The van der Waals surface area contributed by atoms with Crippen LogP contribution in [0.3, 0.4) is 0 Å². The van der Waals surface area contributed by atoms with Crippen LogP contribution in [0.5, 0.6) is 17.2 Å². The largest absolute Gasteiger partial charge is 0.493 e. The van der Waals surface area contributed by atoms with Gasteiger partial charge in [0, 0.05) is 5.56 Å². The van der Waals surface area contributed by atoms with Gasteiger partial charge in [0.05, 0.1) is 32.0 Å². The van der Waals surface area contributed by atoms with Crippen molar-refractivity contribution in [2.45, 2.75) is 11.8 Å². The highest BCUT2D eigenvalue weighted by Gasteiger charge is 2.69. The molecule has 0 aromatic heterocycles. The Bertz CT molecular complexity index is 1150. The van der Waals surface area contributed by atoms with Crippen LogP contribution in [-0.4, -0.2) is 51.0 Å². The summed E-state index contributed by atoms with van der Waals surface area (Å²) in [5.74, 6) is -4.22. The minimum absolute atomic E-state index is 0.0441. The maximum Gasteiger partial charge on any atom is 0.440 e. The van der Waals surface area contributed by atoms with Gasteiger partial charge in [-0.05, 0) is 30.3 Å². The van der Waals surface area contributed by atoms with Crippen molar-refractivity contribution >= 4 is 35.1 Å². The molecule has 1 unspecified atom stereocenters. The maximum atomic E-state index is 14.1. The second-order valence-electron chi connectivity index (χ2n) is 6.79. The fourth-order valence-electron chi connectivity index (χ4n) is 3.19. The molecule has 2 aromatic carbocycles. The monoisotopic (exact) mass is 505 g/mol. The predicted molar refractivity (Wildman–Crippen MR) is 110 cm³/mol. The lowest BCUT2D eigenvalue weighted by Gasteiger charge is -2.30. The number of methoxy groups -OCH3 is 3. The smallest absolute Gasteiger partial charge is 0.440 e. The number of anilines is 1. The fourth-order valence-corrected chi connectivity index (χ4v) is 3.37. The van der Waals surface area contributed by atoms with E-state index in [0.29, 0.717) is 0 Å². The van der Waals surface area contributed by atoms with Crippen molar-refractivity contribution in [3.63, 3.8) is 0 Å². The van der Waals surface area contributed by atoms with Crippen molar-refractivity contribution < 1.29 is 46.2 Å². The van der Waals surface area contributed by atoms with Crippen molar-refractivity contribution in [1.29, 1.82) is 0 Å². The summed E-state index contributed by atoms with van der Waals surface area (Å²) < 4.78 is 71.1. The zero-order valence-electron chi connectivity index (χ0n) is 17.7. The predicted octanol–water partition coefficient (Wildman–Crippen LogP) is 3.25. The van der Waals surface area contributed by atoms with Crippen LogP contribution in [0.15, 0.2) is 30.3 Å². The molecule has 2 N–H and O–H groups in total. The molecule has 0 saturated carbocycles. The molecule has 1 aliphatic rings. The molecule has 0 spiro atoms. The molecule has 9 nitrogen and oxygen atoms in total. The average molecular weight is 506 g/mol. The van der Waals surface area contributed by atoms with E-state index in [1.807, 2.05) is 0 Å². The molecule has 2 aromatic rings. The Labute approximate surface area is 194 Å². The molecular formula is C20H16ClF4N3O6. The first-order valence-electron chi connectivity index (χ1n) is 9.21. The van der Waals surface area contributed by atoms with E-state index in [-0.39, 0.29) is 22.1 Å². The number of amides is 4. The van der Waals surface area contributed by atoms with Crippen LogP contribution in [-0.2, 0) is 4.79 Å². The van der Waals surface area contributed by atoms with Gasteiger partial charge in [-0.1, -0.05) is 11.6 Å². The number of carbonyl (C=O) groups excluding carboxylic acids is 3. The van der Waals surface area contributed by atoms with Crippen LogP contribution in [0, 0.1) is 5.82 Å². The van der Waals surface area contributed by atoms with E-state index in [1.54, 1.807) is 5.32 Å². The molecule has 0 radical (unpaired) electrons. The van der Waals surface area contributed by atoms with E-state index >= 15 is 0 Å². The number of hydrogen-bond acceptors (Lipinski definition) is 6. The molecule has 1 heterocycles. The number of carbonyl (C=O) groups is 3. The van der Waals surface area contributed by atoms with Gasteiger partial charge in [0.15, 0.2) is 11.5 Å². The summed E-state index contributed by atoms with van der Waals surface area (Å²) in [4.78, 5) is 38.2. The minimum atomic E-state index is -5.48. The van der Waals surface area contributed by atoms with E-state index in [2.05, 4.69) is 0 Å². The van der Waals surface area contributed by atoms with Crippen molar-refractivity contribution in [1.82, 2.24) is 10.6 Å². The Kier molecular flexibility index (Phi) is 6.51. The Balaban J connectivity index is 2.05. The van der Waals surface area contributed by atoms with Crippen LogP contribution in [0.25, 0.3) is 0 Å². The second kappa shape index (κ2) is 8.89. The second-order valence-corrected chi connectivity index (χ2v) is 7.19. The van der Waals surface area contributed by atoms with Crippen LogP contribution in [0.2, 0.25) is 5.02 Å². The van der Waals surface area contributed by atoms with Crippen molar-refractivity contribution in [3.05, 3.63) is 46.7 Å². The van der Waals surface area contributed by atoms with E-state index in [1.165, 1.54) is 26.6 Å². The van der Waals surface area contributed by atoms with E-state index < -0.39 is 51.8 Å². The highest BCUT2D eigenvalue weighted by Crippen LogP contribution is 2.40. The number of imide groups is 1. The summed E-state index contributed by atoms with van der Waals surface area (Å²) in [5.41, 5.74) is -4.67. The van der Waals surface area contributed by atoms with Gasteiger partial charge in [-0.3, -0.25) is 14.9 Å². The number of alkyl halides is 3. The molecule has 1 saturated heterocycles. The quantitative estimate of drug-likeness (QED) is 0.461. The topological polar surface area (TPSA) is 106 Å². The molecular weight excluding hydrogens is 490 g/mol. The Hall–Kier alpha value is -3.74. The number of urea groups is 1. The molecule has 1 fully saturated rings. The van der Waals surface area contributed by atoms with Gasteiger partial charge < -0.3 is 19.5 Å². The standard InChI is InChI=1S/C20H16ClF4N3O6/c1-32-13-6-9(7-14(33-2)15(13)34-3)16(29)26-19(20(23,24)25)17(30)28(18(31)27-19)10-4-5-12(22)11(21)8-10/h4-8H,1-3H3,(H,26,29)(H,27,31). The van der Waals surface area contributed by atoms with Gasteiger partial charge in [0.2, 0.25) is 5.75 Å². The summed E-state index contributed by atoms with van der Waals surface area (Å²) in [5, 5.41) is 2.49. The van der Waals surface area contributed by atoms with E-state index in [9.17, 15) is 31.9 Å². The lowest BCUT2D eigenvalue weighted by atomic mass is 10.1. The van der Waals surface area contributed by atoms with E-state index in [4.69, 9.17) is 25.8 Å². The van der Waals surface area contributed by atoms with Gasteiger partial charge in [-0.2, -0.15) is 13.2 Å². The molecule has 182 valence electrons. The highest BCUT2D eigenvalue weighted by atomic mass is 35.5. The Morgan fingerprint density at radius 1 is 1.06 bits per heavy atom. The molecule has 1 aliphatic heterocycles. The normalized spacial score (nSPS) is 17.9. The molecule has 14 heteroatoms. The van der Waals surface area contributed by atoms with Crippen LogP contribution < -0.4 is 29.7 Å². The lowest BCUT2D eigenvalue weighted by molar-refractivity contribution is -0.197. The first-order chi connectivity index (χ1) is 15.9. The third kappa shape index (κ3) is 4.02. The number of rotatable bonds is 6. The number of nitrogens with one attached hydrogen (secondary N) is 2. The zero-order valence-corrected chi connectivity index (χ0v) is 18.4. The van der Waals surface area contributed by atoms with Crippen LogP contribution in [0.4, 0.5) is 28.0 Å². The van der Waals surface area contributed by atoms with Gasteiger partial charge >= 0.3 is 12.2 Å². The van der Waals surface area contributed by atoms with Gasteiger partial charge in [-0.15, -0.1) is 0 Å². The summed E-state index contributed by atoms with van der Waals surface area (Å²) in [7, 11) is 3.73. The third-order valence-electron chi connectivity index (χ3n) is 4.84. The number of ether oxygens (including phenoxy) is 3. The van der Waals surface area contributed by atoms with Crippen LogP contribution >= 0.6 is 11.6 Å². The van der Waals surface area contributed by atoms with Crippen molar-refractivity contribution in [3.8, 4) is 17.2 Å². The maximum absolute atomic E-state index is 14.1. The fraction of sp³-hybridized carbons (Fsp3) is 0.250. The summed E-state index contributed by atoms with van der Waals surface area (Å²) >= 11 is 5.62. The van der Waals surface area contributed by atoms with Gasteiger partial charge in [0.25, 0.3) is 17.5 Å². The number of nitrogens with zero attached hydrogens (tertiary/aromatic N) is 1. The Morgan fingerprint density at radius 2 is 1.65 bits per heavy atom. The molecule has 34 heavy (non-hydrogen) atoms. The first kappa shape index (κ1) is 24.9. The number of hydrogen-bond donors (Lipinski definition) is 2. The summed E-state index contributed by atoms with van der Waals surface area (Å²) in [6.07, 6.45) is -5.48. The zero-order chi connectivity index (χ0) is 25.4. The lowest BCUT2D eigenvalue weighted by Crippen LogP contribution is -2.69. The average Bonchev–Trinajstić information content (AvgIpc) is 3.04. The molecule has 0 bridgehead atoms. The summed E-state index contributed by atoms with van der Waals surface area (Å²) in [6, 6.07) is 3.03. The van der Waals surface area contributed by atoms with Gasteiger partial charge in [0.1, 0.15) is 5.82 Å². The van der Waals surface area contributed by atoms with Crippen LogP contribution in [0.1, 0.15) is 10.4 Å². The molecule has 4 amide bonds. The number of benzene rings is 2. The molecule has 0 aliphatic carbocycles. The number of halogens is 5. The Morgan fingerprint density at radius 3 is 2.12 bits per heavy atom. The molecule has 3 rings (SSSR count). The van der Waals surface area contributed by atoms with Crippen molar-refractivity contribution in [2.24, 2.45) is 0 Å². The molecule has 1 atom stereocenters. The van der Waals surface area contributed by atoms with Crippen molar-refractivity contribution in [2.75, 3.05) is 26.2 Å². The van der Waals surface area contributed by atoms with E-state index in [0.717, 1.165) is 30.3 Å². The third-order valence-corrected chi connectivity index (χ3v) is 5.13. The highest BCUT2D eigenvalue weighted by molar-refractivity contribution is 6.31. The van der Waals surface area contributed by atoms with Gasteiger partial charge in [-0.25, -0.2) is 14.1 Å². The first-order valence-corrected chi connectivity index (χ1v) is 9.59. The SMILES string of the molecule is COc1cc(C(=O)NC2(C(F)(F)F)NC(=O)N(c3ccc(F)c(Cl)c3)C2=O)cc(OC)c1OC.